The molecule has 0 saturated carbocycles. The van der Waals surface area contributed by atoms with Gasteiger partial charge >= 0.3 is 0 Å². The fourth-order valence-electron chi connectivity index (χ4n) is 7.53. The number of anilines is 3. The molecule has 10 aromatic rings. The lowest BCUT2D eigenvalue weighted by atomic mass is 10.00. The first-order chi connectivity index (χ1) is 25.3. The molecule has 0 fully saturated rings. The summed E-state index contributed by atoms with van der Waals surface area (Å²) in [4.78, 5) is 7.32. The van der Waals surface area contributed by atoms with Gasteiger partial charge in [0.25, 0.3) is 0 Å². The second kappa shape index (κ2) is 11.9. The number of benzene rings is 8. The van der Waals surface area contributed by atoms with Gasteiger partial charge in [-0.3, -0.25) is 0 Å². The Morgan fingerprint density at radius 2 is 1.10 bits per heavy atom. The minimum absolute atomic E-state index is 0.625. The first-order valence-electron chi connectivity index (χ1n) is 17.2. The monoisotopic (exact) mass is 653 g/mol. The quantitative estimate of drug-likeness (QED) is 0.179. The van der Waals surface area contributed by atoms with Gasteiger partial charge < -0.3 is 13.9 Å². The van der Waals surface area contributed by atoms with Crippen LogP contribution in [0.5, 0.6) is 0 Å². The van der Waals surface area contributed by atoms with E-state index in [0.717, 1.165) is 50.5 Å². The van der Waals surface area contributed by atoms with E-state index in [4.69, 9.17) is 9.40 Å². The van der Waals surface area contributed by atoms with Crippen molar-refractivity contribution in [2.45, 2.75) is 0 Å². The number of para-hydroxylation sites is 4. The third kappa shape index (κ3) is 4.80. The van der Waals surface area contributed by atoms with Gasteiger partial charge in [0.1, 0.15) is 5.52 Å². The van der Waals surface area contributed by atoms with Gasteiger partial charge in [-0.05, 0) is 77.7 Å². The molecule has 0 amide bonds. The van der Waals surface area contributed by atoms with Gasteiger partial charge in [0, 0.05) is 44.3 Å². The van der Waals surface area contributed by atoms with Gasteiger partial charge in [-0.2, -0.15) is 0 Å². The standard InChI is InChI=1S/C47H31N3O/c1-4-15-33(16-5-1)47-48-46-37(24-14-26-44(46)51-47)32-27-29-36(30-28-32)49(34-17-6-2-7-18-34)42-31-43-45(39-22-11-10-21-38(39)42)40-23-12-13-25-41(40)50(43)35-19-8-3-9-20-35/h1-31H. The van der Waals surface area contributed by atoms with E-state index in [1.54, 1.807) is 0 Å². The topological polar surface area (TPSA) is 34.2 Å². The van der Waals surface area contributed by atoms with Gasteiger partial charge in [0.05, 0.1) is 16.7 Å². The summed E-state index contributed by atoms with van der Waals surface area (Å²) in [7, 11) is 0. The summed E-state index contributed by atoms with van der Waals surface area (Å²) in [5, 5.41) is 4.91. The predicted octanol–water partition coefficient (Wildman–Crippen LogP) is 12.9. The van der Waals surface area contributed by atoms with Gasteiger partial charge in [-0.1, -0.05) is 121 Å². The maximum atomic E-state index is 6.21. The highest BCUT2D eigenvalue weighted by Gasteiger charge is 2.22. The zero-order chi connectivity index (χ0) is 33.7. The molecule has 0 aliphatic rings. The Morgan fingerprint density at radius 3 is 1.86 bits per heavy atom. The van der Waals surface area contributed by atoms with Crippen molar-refractivity contribution in [1.29, 1.82) is 0 Å². The van der Waals surface area contributed by atoms with Crippen molar-refractivity contribution in [3.63, 3.8) is 0 Å². The number of aromatic nitrogens is 2. The molecule has 0 N–H and O–H groups in total. The minimum Gasteiger partial charge on any atom is -0.436 e. The smallest absolute Gasteiger partial charge is 0.227 e. The van der Waals surface area contributed by atoms with Crippen LogP contribution in [0.2, 0.25) is 0 Å². The van der Waals surface area contributed by atoms with Crippen molar-refractivity contribution in [3.05, 3.63) is 188 Å². The normalized spacial score (nSPS) is 11.5. The van der Waals surface area contributed by atoms with Crippen LogP contribution in [0, 0.1) is 0 Å². The molecule has 0 saturated heterocycles. The lowest BCUT2D eigenvalue weighted by Crippen LogP contribution is -2.10. The predicted molar refractivity (Wildman–Crippen MR) is 211 cm³/mol. The summed E-state index contributed by atoms with van der Waals surface area (Å²) < 4.78 is 8.61. The molecule has 2 heterocycles. The number of rotatable bonds is 6. The fourth-order valence-corrected chi connectivity index (χ4v) is 7.53. The highest BCUT2D eigenvalue weighted by atomic mass is 16.3. The van der Waals surface area contributed by atoms with E-state index in [-0.39, 0.29) is 0 Å². The third-order valence-electron chi connectivity index (χ3n) is 9.80. The summed E-state index contributed by atoms with van der Waals surface area (Å²) >= 11 is 0. The second-order valence-corrected chi connectivity index (χ2v) is 12.8. The van der Waals surface area contributed by atoms with E-state index in [2.05, 4.69) is 155 Å². The molecule has 0 bridgehead atoms. The summed E-state index contributed by atoms with van der Waals surface area (Å²) in [6.45, 7) is 0. The van der Waals surface area contributed by atoms with Crippen LogP contribution < -0.4 is 4.90 Å². The summed E-state index contributed by atoms with van der Waals surface area (Å²) in [5.74, 6) is 0.625. The van der Waals surface area contributed by atoms with Gasteiger partial charge in [0.2, 0.25) is 5.89 Å². The summed E-state index contributed by atoms with van der Waals surface area (Å²) in [6, 6.07) is 66.2. The number of hydrogen-bond donors (Lipinski definition) is 0. The first kappa shape index (κ1) is 29.0. The first-order valence-corrected chi connectivity index (χ1v) is 17.2. The van der Waals surface area contributed by atoms with Crippen molar-refractivity contribution in [2.24, 2.45) is 0 Å². The molecule has 0 atom stereocenters. The van der Waals surface area contributed by atoms with Crippen LogP contribution in [0.1, 0.15) is 0 Å². The van der Waals surface area contributed by atoms with Crippen LogP contribution in [-0.2, 0) is 0 Å². The molecule has 0 spiro atoms. The molecule has 51 heavy (non-hydrogen) atoms. The maximum Gasteiger partial charge on any atom is 0.227 e. The number of oxazole rings is 1. The van der Waals surface area contributed by atoms with Crippen LogP contribution in [0.15, 0.2) is 192 Å². The highest BCUT2D eigenvalue weighted by molar-refractivity contribution is 6.24. The molecule has 4 heteroatoms. The van der Waals surface area contributed by atoms with Gasteiger partial charge in [-0.15, -0.1) is 0 Å². The van der Waals surface area contributed by atoms with Crippen molar-refractivity contribution >= 4 is 60.7 Å². The van der Waals surface area contributed by atoms with E-state index in [1.807, 2.05) is 42.5 Å². The highest BCUT2D eigenvalue weighted by Crippen LogP contribution is 2.45. The largest absolute Gasteiger partial charge is 0.436 e. The number of nitrogens with zero attached hydrogens (tertiary/aromatic N) is 3. The van der Waals surface area contributed by atoms with Crippen LogP contribution in [0.25, 0.3) is 71.9 Å². The molecular formula is C47H31N3O. The Labute approximate surface area is 295 Å². The van der Waals surface area contributed by atoms with E-state index in [0.29, 0.717) is 5.89 Å². The summed E-state index contributed by atoms with van der Waals surface area (Å²) in [5.41, 5.74) is 11.5. The van der Waals surface area contributed by atoms with E-state index < -0.39 is 0 Å². The Balaban J connectivity index is 1.18. The van der Waals surface area contributed by atoms with E-state index >= 15 is 0 Å². The SMILES string of the molecule is c1ccc(-c2nc3c(-c4ccc(N(c5ccccc5)c5cc6c(c7ccccc57)c5ccccc5n6-c5ccccc5)cc4)cccc3o2)cc1. The van der Waals surface area contributed by atoms with Crippen molar-refractivity contribution in [1.82, 2.24) is 9.55 Å². The van der Waals surface area contributed by atoms with E-state index in [9.17, 15) is 0 Å². The Hall–Kier alpha value is -6.91. The van der Waals surface area contributed by atoms with Crippen molar-refractivity contribution in [2.75, 3.05) is 4.90 Å². The van der Waals surface area contributed by atoms with Crippen LogP contribution in [0.3, 0.4) is 0 Å². The van der Waals surface area contributed by atoms with Gasteiger partial charge in [-0.25, -0.2) is 4.98 Å². The number of fused-ring (bicyclic) bond motifs is 6. The Kier molecular flexibility index (Phi) is 6.78. The summed E-state index contributed by atoms with van der Waals surface area (Å²) in [6.07, 6.45) is 0. The average Bonchev–Trinajstić information content (AvgIpc) is 3.79. The van der Waals surface area contributed by atoms with Crippen LogP contribution >= 0.6 is 0 Å². The Morgan fingerprint density at radius 1 is 0.471 bits per heavy atom. The molecule has 0 radical (unpaired) electrons. The molecule has 240 valence electrons. The van der Waals surface area contributed by atoms with Crippen LogP contribution in [-0.4, -0.2) is 9.55 Å². The zero-order valence-electron chi connectivity index (χ0n) is 27.6. The third-order valence-corrected chi connectivity index (χ3v) is 9.80. The Bertz CT molecular complexity index is 2840. The van der Waals surface area contributed by atoms with Crippen molar-refractivity contribution in [3.8, 4) is 28.3 Å². The molecule has 2 aromatic heterocycles. The second-order valence-electron chi connectivity index (χ2n) is 12.8. The van der Waals surface area contributed by atoms with Gasteiger partial charge in [0.15, 0.2) is 5.58 Å². The lowest BCUT2D eigenvalue weighted by molar-refractivity contribution is 0.620. The molecular weight excluding hydrogens is 623 g/mol. The molecule has 0 aliphatic carbocycles. The van der Waals surface area contributed by atoms with E-state index in [1.165, 1.54) is 32.6 Å². The molecule has 10 rings (SSSR count). The lowest BCUT2D eigenvalue weighted by Gasteiger charge is -2.27. The molecule has 0 aliphatic heterocycles. The minimum atomic E-state index is 0.625. The van der Waals surface area contributed by atoms with Crippen molar-refractivity contribution < 1.29 is 4.42 Å². The molecule has 0 unspecified atom stereocenters. The van der Waals surface area contributed by atoms with Crippen LogP contribution in [0.4, 0.5) is 17.1 Å². The zero-order valence-corrected chi connectivity index (χ0v) is 27.6. The average molecular weight is 654 g/mol. The maximum absolute atomic E-state index is 6.21. The number of hydrogen-bond acceptors (Lipinski definition) is 3. The molecule has 4 nitrogen and oxygen atoms in total. The molecule has 8 aromatic carbocycles. The fraction of sp³-hybridized carbons (Fsp3) is 0.